The molecule has 3 nitrogen and oxygen atoms in total. The molecule has 0 spiro atoms. The molecule has 19 heavy (non-hydrogen) atoms. The van der Waals surface area contributed by atoms with E-state index in [1.54, 1.807) is 7.11 Å². The van der Waals surface area contributed by atoms with Crippen LogP contribution >= 0.6 is 12.2 Å². The van der Waals surface area contributed by atoms with E-state index in [0.717, 1.165) is 30.8 Å². The third kappa shape index (κ3) is 3.45. The number of ether oxygens (including phenoxy) is 1. The van der Waals surface area contributed by atoms with Gasteiger partial charge >= 0.3 is 0 Å². The molecule has 2 rings (SSSR count). The zero-order valence-electron chi connectivity index (χ0n) is 11.7. The molecule has 1 aromatic carbocycles. The van der Waals surface area contributed by atoms with Crippen molar-refractivity contribution < 1.29 is 4.74 Å². The quantitative estimate of drug-likeness (QED) is 0.859. The molecule has 0 aromatic heterocycles. The maximum absolute atomic E-state index is 5.71. The Hall–Kier alpha value is -1.13. The van der Waals surface area contributed by atoms with Crippen LogP contribution in [0.25, 0.3) is 0 Å². The molecule has 0 radical (unpaired) electrons. The van der Waals surface area contributed by atoms with Gasteiger partial charge in [-0.2, -0.15) is 0 Å². The summed E-state index contributed by atoms with van der Waals surface area (Å²) in [6.07, 6.45) is 2.48. The Morgan fingerprint density at radius 1 is 1.53 bits per heavy atom. The van der Waals surface area contributed by atoms with Crippen molar-refractivity contribution in [2.24, 2.45) is 11.7 Å². The molecule has 0 bridgehead atoms. The molecule has 0 amide bonds. The summed E-state index contributed by atoms with van der Waals surface area (Å²) in [5.74, 6) is 0.634. The van der Waals surface area contributed by atoms with Crippen LogP contribution in [0.15, 0.2) is 18.2 Å². The smallest absolute Gasteiger partial charge is 0.104 e. The van der Waals surface area contributed by atoms with E-state index in [-0.39, 0.29) is 0 Å². The monoisotopic (exact) mass is 278 g/mol. The van der Waals surface area contributed by atoms with Gasteiger partial charge in [0.1, 0.15) is 4.99 Å². The molecule has 104 valence electrons. The Balaban J connectivity index is 2.13. The molecule has 1 aromatic rings. The minimum absolute atomic E-state index is 0.472. The summed E-state index contributed by atoms with van der Waals surface area (Å²) in [4.78, 5) is 2.91. The van der Waals surface area contributed by atoms with Gasteiger partial charge in [0.05, 0.1) is 6.61 Å². The predicted octanol–water partition coefficient (Wildman–Crippen LogP) is 2.49. The normalized spacial score (nSPS) is 19.5. The first-order valence-corrected chi connectivity index (χ1v) is 7.17. The average molecular weight is 278 g/mol. The van der Waals surface area contributed by atoms with Crippen LogP contribution in [0.4, 0.5) is 5.69 Å². The van der Waals surface area contributed by atoms with Crippen LogP contribution in [-0.2, 0) is 4.74 Å². The van der Waals surface area contributed by atoms with Crippen molar-refractivity contribution >= 4 is 22.9 Å². The van der Waals surface area contributed by atoms with Crippen LogP contribution in [0, 0.1) is 12.8 Å². The molecule has 4 heteroatoms. The average Bonchev–Trinajstić information content (AvgIpc) is 2.39. The first kappa shape index (κ1) is 14.3. The summed E-state index contributed by atoms with van der Waals surface area (Å²) in [5.41, 5.74) is 9.10. The van der Waals surface area contributed by atoms with Gasteiger partial charge in [-0.15, -0.1) is 0 Å². The van der Waals surface area contributed by atoms with Crippen LogP contribution in [0.2, 0.25) is 0 Å². The SMILES string of the molecule is COCC1CCCN(c2ccc(C(N)=S)c(C)c2)C1. The lowest BCUT2D eigenvalue weighted by molar-refractivity contribution is 0.143. The first-order chi connectivity index (χ1) is 9.11. The molecule has 1 unspecified atom stereocenters. The van der Waals surface area contributed by atoms with Gasteiger partial charge in [-0.3, -0.25) is 0 Å². The summed E-state index contributed by atoms with van der Waals surface area (Å²) in [6, 6.07) is 6.34. The number of hydrogen-bond donors (Lipinski definition) is 1. The van der Waals surface area contributed by atoms with Gasteiger partial charge in [-0.05, 0) is 49.4 Å². The highest BCUT2D eigenvalue weighted by Gasteiger charge is 2.20. The van der Waals surface area contributed by atoms with Crippen LogP contribution in [0.3, 0.4) is 0 Å². The predicted molar refractivity (Wildman–Crippen MR) is 83.9 cm³/mol. The molecule has 1 aliphatic heterocycles. The Morgan fingerprint density at radius 2 is 2.32 bits per heavy atom. The second kappa shape index (κ2) is 6.35. The Bertz CT molecular complexity index is 459. The van der Waals surface area contributed by atoms with Crippen molar-refractivity contribution in [2.45, 2.75) is 19.8 Å². The summed E-state index contributed by atoms with van der Waals surface area (Å²) in [5, 5.41) is 0. The minimum atomic E-state index is 0.472. The van der Waals surface area contributed by atoms with E-state index in [9.17, 15) is 0 Å². The number of piperidine rings is 1. The van der Waals surface area contributed by atoms with E-state index in [1.807, 2.05) is 6.07 Å². The molecule has 0 aliphatic carbocycles. The fourth-order valence-corrected chi connectivity index (χ4v) is 3.02. The van der Waals surface area contributed by atoms with Crippen molar-refractivity contribution in [3.05, 3.63) is 29.3 Å². The molecular weight excluding hydrogens is 256 g/mol. The number of nitrogens with zero attached hydrogens (tertiary/aromatic N) is 1. The van der Waals surface area contributed by atoms with Gasteiger partial charge in [0.15, 0.2) is 0 Å². The lowest BCUT2D eigenvalue weighted by Crippen LogP contribution is -2.37. The number of hydrogen-bond acceptors (Lipinski definition) is 3. The van der Waals surface area contributed by atoms with E-state index in [2.05, 4.69) is 24.0 Å². The van der Waals surface area contributed by atoms with Gasteiger partial charge < -0.3 is 15.4 Å². The van der Waals surface area contributed by atoms with Gasteiger partial charge in [-0.1, -0.05) is 12.2 Å². The molecular formula is C15H22N2OS. The minimum Gasteiger partial charge on any atom is -0.389 e. The Morgan fingerprint density at radius 3 is 2.95 bits per heavy atom. The number of benzene rings is 1. The van der Waals surface area contributed by atoms with Crippen LogP contribution in [-0.4, -0.2) is 31.8 Å². The fraction of sp³-hybridized carbons (Fsp3) is 0.533. The third-order valence-electron chi connectivity index (χ3n) is 3.76. The van der Waals surface area contributed by atoms with Gasteiger partial charge in [0.25, 0.3) is 0 Å². The van der Waals surface area contributed by atoms with Gasteiger partial charge in [-0.25, -0.2) is 0 Å². The summed E-state index contributed by atoms with van der Waals surface area (Å²) < 4.78 is 5.28. The lowest BCUT2D eigenvalue weighted by atomic mass is 9.97. The molecule has 1 atom stereocenters. The lowest BCUT2D eigenvalue weighted by Gasteiger charge is -2.34. The van der Waals surface area contributed by atoms with Gasteiger partial charge in [0, 0.05) is 31.5 Å². The van der Waals surface area contributed by atoms with E-state index in [0.29, 0.717) is 10.9 Å². The number of methoxy groups -OCH3 is 1. The van der Waals surface area contributed by atoms with Gasteiger partial charge in [0.2, 0.25) is 0 Å². The molecule has 1 aliphatic rings. The topological polar surface area (TPSA) is 38.5 Å². The number of rotatable bonds is 4. The van der Waals surface area contributed by atoms with E-state index < -0.39 is 0 Å². The Kier molecular flexibility index (Phi) is 4.77. The maximum Gasteiger partial charge on any atom is 0.104 e. The Labute approximate surface area is 120 Å². The van der Waals surface area contributed by atoms with Crippen molar-refractivity contribution in [3.63, 3.8) is 0 Å². The summed E-state index contributed by atoms with van der Waals surface area (Å²) in [6.45, 7) is 5.10. The summed E-state index contributed by atoms with van der Waals surface area (Å²) in [7, 11) is 1.78. The highest BCUT2D eigenvalue weighted by atomic mass is 32.1. The van der Waals surface area contributed by atoms with Crippen molar-refractivity contribution in [3.8, 4) is 0 Å². The highest BCUT2D eigenvalue weighted by Crippen LogP contribution is 2.25. The second-order valence-electron chi connectivity index (χ2n) is 5.27. The van der Waals surface area contributed by atoms with Crippen LogP contribution in [0.1, 0.15) is 24.0 Å². The van der Waals surface area contributed by atoms with E-state index in [4.69, 9.17) is 22.7 Å². The zero-order chi connectivity index (χ0) is 13.8. The molecule has 2 N–H and O–H groups in total. The first-order valence-electron chi connectivity index (χ1n) is 6.76. The van der Waals surface area contributed by atoms with Crippen molar-refractivity contribution in [1.82, 2.24) is 0 Å². The van der Waals surface area contributed by atoms with E-state index in [1.165, 1.54) is 18.5 Å². The molecule has 1 heterocycles. The van der Waals surface area contributed by atoms with Crippen LogP contribution in [0.5, 0.6) is 0 Å². The largest absolute Gasteiger partial charge is 0.389 e. The highest BCUT2D eigenvalue weighted by molar-refractivity contribution is 7.80. The second-order valence-corrected chi connectivity index (χ2v) is 5.71. The number of aryl methyl sites for hydroxylation is 1. The molecule has 1 fully saturated rings. The zero-order valence-corrected chi connectivity index (χ0v) is 12.5. The number of anilines is 1. The summed E-state index contributed by atoms with van der Waals surface area (Å²) >= 11 is 5.05. The molecule has 0 saturated carbocycles. The van der Waals surface area contributed by atoms with Crippen molar-refractivity contribution in [1.29, 1.82) is 0 Å². The standard InChI is InChI=1S/C15H22N2OS/c1-11-8-13(5-6-14(11)15(16)19)17-7-3-4-12(9-17)10-18-2/h5-6,8,12H,3-4,7,9-10H2,1-2H3,(H2,16,19). The fourth-order valence-electron chi connectivity index (χ4n) is 2.79. The van der Waals surface area contributed by atoms with E-state index >= 15 is 0 Å². The van der Waals surface area contributed by atoms with Crippen LogP contribution < -0.4 is 10.6 Å². The third-order valence-corrected chi connectivity index (χ3v) is 3.98. The number of thiocarbonyl (C=S) groups is 1. The van der Waals surface area contributed by atoms with Crippen molar-refractivity contribution in [2.75, 3.05) is 31.7 Å². The molecule has 1 saturated heterocycles. The number of nitrogens with two attached hydrogens (primary N) is 1. The maximum atomic E-state index is 5.71.